The smallest absolute Gasteiger partial charge is 0.416 e. The molecule has 2 amide bonds. The number of likely N-dealkylation sites (tertiary alicyclic amines) is 1. The van der Waals surface area contributed by atoms with Crippen molar-refractivity contribution in [2.75, 3.05) is 13.2 Å². The van der Waals surface area contributed by atoms with Crippen LogP contribution in [0.2, 0.25) is 5.02 Å². The van der Waals surface area contributed by atoms with Crippen LogP contribution in [0, 0.1) is 5.92 Å². The Morgan fingerprint density at radius 1 is 1.15 bits per heavy atom. The highest BCUT2D eigenvalue weighted by Crippen LogP contribution is 2.35. The Morgan fingerprint density at radius 2 is 1.80 bits per heavy atom. The number of sulfonamides is 1. The number of nitrogens with one attached hydrogen (secondary N) is 1. The summed E-state index contributed by atoms with van der Waals surface area (Å²) in [5, 5.41) is 10.5. The summed E-state index contributed by atoms with van der Waals surface area (Å²) in [6.45, 7) is 1.81. The topological polar surface area (TPSA) is 113 Å². The molecule has 0 bridgehead atoms. The minimum absolute atomic E-state index is 0.0777. The number of rotatable bonds is 8. The van der Waals surface area contributed by atoms with Gasteiger partial charge in [-0.2, -0.15) is 13.2 Å². The van der Waals surface area contributed by atoms with E-state index in [1.54, 1.807) is 16.9 Å². The number of carbonyl (C=O) groups excluding carboxylic acids is 2. The van der Waals surface area contributed by atoms with E-state index in [9.17, 15) is 36.3 Å². The van der Waals surface area contributed by atoms with E-state index in [-0.39, 0.29) is 23.6 Å². The summed E-state index contributed by atoms with van der Waals surface area (Å²) in [4.78, 5) is 26.6. The molecule has 2 N–H and O–H groups in total. The lowest BCUT2D eigenvalue weighted by Crippen LogP contribution is -2.43. The Bertz CT molecular complexity index is 1360. The average molecular weight is 603 g/mol. The fourth-order valence-corrected chi connectivity index (χ4v) is 6.33. The van der Waals surface area contributed by atoms with E-state index in [4.69, 9.17) is 16.3 Å². The fraction of sp³-hybridized carbons (Fsp3) is 0.481. The van der Waals surface area contributed by atoms with Crippen LogP contribution < -0.4 is 9.46 Å². The highest BCUT2D eigenvalue weighted by molar-refractivity contribution is 7.90. The number of hydrogen-bond acceptors (Lipinski definition) is 6. The lowest BCUT2D eigenvalue weighted by molar-refractivity contribution is -0.137. The van der Waals surface area contributed by atoms with Gasteiger partial charge < -0.3 is 14.7 Å². The molecule has 1 saturated heterocycles. The van der Waals surface area contributed by atoms with Crippen LogP contribution in [-0.4, -0.2) is 55.0 Å². The zero-order valence-corrected chi connectivity index (χ0v) is 23.3. The Balaban J connectivity index is 1.29. The third-order valence-electron chi connectivity index (χ3n) is 7.42. The van der Waals surface area contributed by atoms with Crippen molar-refractivity contribution in [1.82, 2.24) is 9.62 Å². The van der Waals surface area contributed by atoms with Gasteiger partial charge in [0.15, 0.2) is 6.61 Å². The molecule has 1 aliphatic heterocycles. The predicted octanol–water partition coefficient (Wildman–Crippen LogP) is 4.33. The number of halogens is 4. The van der Waals surface area contributed by atoms with Gasteiger partial charge in [-0.1, -0.05) is 17.7 Å². The number of aliphatic hydroxyl groups is 1. The fourth-order valence-electron chi connectivity index (χ4n) is 5.11. The number of ether oxygens (including phenoxy) is 1. The SMILES string of the molecule is CC1(O)CCC(N2CCC(Cc3ccc(OCC(=O)NS(=O)(=O)c4ccc(C(F)(F)F)cc4)cc3Cl)C2=O)CC1. The maximum Gasteiger partial charge on any atom is 0.416 e. The Labute approximate surface area is 235 Å². The van der Waals surface area contributed by atoms with Crippen LogP contribution in [0.25, 0.3) is 0 Å². The molecule has 13 heteroatoms. The molecule has 1 unspecified atom stereocenters. The first-order valence-electron chi connectivity index (χ1n) is 12.8. The minimum atomic E-state index is -4.62. The second kappa shape index (κ2) is 11.6. The Kier molecular flexibility index (Phi) is 8.72. The van der Waals surface area contributed by atoms with Gasteiger partial charge in [0.1, 0.15) is 5.75 Å². The van der Waals surface area contributed by atoms with E-state index in [0.29, 0.717) is 49.4 Å². The second-order valence-electron chi connectivity index (χ2n) is 10.5. The summed E-state index contributed by atoms with van der Waals surface area (Å²) in [6.07, 6.45) is -0.605. The summed E-state index contributed by atoms with van der Waals surface area (Å²) in [5.74, 6) is -0.966. The quantitative estimate of drug-likeness (QED) is 0.465. The van der Waals surface area contributed by atoms with Crippen molar-refractivity contribution in [2.24, 2.45) is 5.92 Å². The summed E-state index contributed by atoms with van der Waals surface area (Å²) in [7, 11) is -4.40. The van der Waals surface area contributed by atoms with Crippen LogP contribution in [0.15, 0.2) is 47.4 Å². The third kappa shape index (κ3) is 7.27. The summed E-state index contributed by atoms with van der Waals surface area (Å²) in [6, 6.07) is 7.57. The van der Waals surface area contributed by atoms with Gasteiger partial charge in [0, 0.05) is 23.5 Å². The maximum absolute atomic E-state index is 13.1. The van der Waals surface area contributed by atoms with E-state index >= 15 is 0 Å². The first kappa shape index (κ1) is 30.1. The molecule has 2 fully saturated rings. The molecule has 40 heavy (non-hydrogen) atoms. The molecule has 0 aromatic heterocycles. The van der Waals surface area contributed by atoms with Crippen LogP contribution in [0.3, 0.4) is 0 Å². The number of alkyl halides is 3. The zero-order chi connectivity index (χ0) is 29.3. The Hall–Kier alpha value is -2.83. The summed E-state index contributed by atoms with van der Waals surface area (Å²) in [5.41, 5.74) is -0.956. The molecule has 1 saturated carbocycles. The van der Waals surface area contributed by atoms with Crippen molar-refractivity contribution in [1.29, 1.82) is 0 Å². The van der Waals surface area contributed by atoms with Gasteiger partial charge in [0.05, 0.1) is 16.1 Å². The first-order chi connectivity index (χ1) is 18.6. The maximum atomic E-state index is 13.1. The van der Waals surface area contributed by atoms with Gasteiger partial charge in [0.2, 0.25) is 5.91 Å². The van der Waals surface area contributed by atoms with Crippen molar-refractivity contribution in [2.45, 2.75) is 68.2 Å². The predicted molar refractivity (Wildman–Crippen MR) is 140 cm³/mol. The molecule has 2 aliphatic rings. The van der Waals surface area contributed by atoms with Gasteiger partial charge in [0.25, 0.3) is 15.9 Å². The highest BCUT2D eigenvalue weighted by atomic mass is 35.5. The second-order valence-corrected chi connectivity index (χ2v) is 12.6. The highest BCUT2D eigenvalue weighted by Gasteiger charge is 2.39. The van der Waals surface area contributed by atoms with Gasteiger partial charge >= 0.3 is 6.18 Å². The van der Waals surface area contributed by atoms with Crippen LogP contribution in [-0.2, 0) is 32.2 Å². The zero-order valence-electron chi connectivity index (χ0n) is 21.7. The normalized spacial score (nSPS) is 23.8. The van der Waals surface area contributed by atoms with E-state index in [0.717, 1.165) is 30.5 Å². The summed E-state index contributed by atoms with van der Waals surface area (Å²) < 4.78 is 69.8. The van der Waals surface area contributed by atoms with Gasteiger partial charge in [-0.05, 0) is 87.4 Å². The molecule has 1 aliphatic carbocycles. The van der Waals surface area contributed by atoms with Crippen LogP contribution in [0.4, 0.5) is 13.2 Å². The standard InChI is InChI=1S/C27H30ClF3N2O6S/c1-26(36)11-8-20(9-12-26)33-13-10-18(25(33)35)14-17-2-5-21(15-23(17)28)39-16-24(34)32-40(37,38)22-6-3-19(4-7-22)27(29,30)31/h2-7,15,18,20,36H,8-14,16H2,1H3,(H,32,34). The molecule has 8 nitrogen and oxygen atoms in total. The van der Waals surface area contributed by atoms with Crippen molar-refractivity contribution in [3.63, 3.8) is 0 Å². The molecule has 0 spiro atoms. The van der Waals surface area contributed by atoms with E-state index in [1.807, 2.05) is 11.8 Å². The van der Waals surface area contributed by atoms with Crippen molar-refractivity contribution >= 4 is 33.4 Å². The number of benzene rings is 2. The molecule has 4 rings (SSSR count). The van der Waals surface area contributed by atoms with Crippen molar-refractivity contribution in [3.8, 4) is 5.75 Å². The number of nitrogens with zero attached hydrogens (tertiary/aromatic N) is 1. The molecular formula is C27H30ClF3N2O6S. The third-order valence-corrected chi connectivity index (χ3v) is 9.17. The molecule has 0 radical (unpaired) electrons. The summed E-state index contributed by atoms with van der Waals surface area (Å²) >= 11 is 6.41. The molecule has 1 atom stereocenters. The van der Waals surface area contributed by atoms with E-state index in [2.05, 4.69) is 0 Å². The lowest BCUT2D eigenvalue weighted by Gasteiger charge is -2.37. The molecule has 2 aromatic rings. The molecule has 2 aromatic carbocycles. The lowest BCUT2D eigenvalue weighted by atomic mass is 9.83. The van der Waals surface area contributed by atoms with Gasteiger partial charge in [-0.25, -0.2) is 13.1 Å². The monoisotopic (exact) mass is 602 g/mol. The minimum Gasteiger partial charge on any atom is -0.484 e. The molecule has 1 heterocycles. The van der Waals surface area contributed by atoms with Crippen LogP contribution >= 0.6 is 11.6 Å². The van der Waals surface area contributed by atoms with Crippen LogP contribution in [0.5, 0.6) is 5.75 Å². The number of carbonyl (C=O) groups is 2. The van der Waals surface area contributed by atoms with Crippen molar-refractivity contribution < 1.29 is 41.0 Å². The molecular weight excluding hydrogens is 573 g/mol. The van der Waals surface area contributed by atoms with Gasteiger partial charge in [-0.3, -0.25) is 9.59 Å². The van der Waals surface area contributed by atoms with E-state index < -0.39 is 44.8 Å². The van der Waals surface area contributed by atoms with Crippen molar-refractivity contribution in [3.05, 3.63) is 58.6 Å². The van der Waals surface area contributed by atoms with Crippen LogP contribution in [0.1, 0.15) is 50.2 Å². The first-order valence-corrected chi connectivity index (χ1v) is 14.7. The average Bonchev–Trinajstić information content (AvgIpc) is 3.23. The van der Waals surface area contributed by atoms with Gasteiger partial charge in [-0.15, -0.1) is 0 Å². The largest absolute Gasteiger partial charge is 0.484 e. The Morgan fingerprint density at radius 3 is 2.40 bits per heavy atom. The van der Waals surface area contributed by atoms with E-state index in [1.165, 1.54) is 6.07 Å². The number of hydrogen-bond donors (Lipinski definition) is 2. The molecule has 218 valence electrons. The number of amides is 2.